The molecular weight excluding hydrogens is 344 g/mol. The fourth-order valence-corrected chi connectivity index (χ4v) is 3.44. The van der Waals surface area contributed by atoms with Crippen LogP contribution in [0.2, 0.25) is 0 Å². The van der Waals surface area contributed by atoms with Crippen molar-refractivity contribution in [3.63, 3.8) is 0 Å². The molecular formula is C17H15BrN2S. The lowest BCUT2D eigenvalue weighted by Crippen LogP contribution is -1.95. The van der Waals surface area contributed by atoms with E-state index >= 15 is 0 Å². The van der Waals surface area contributed by atoms with Gasteiger partial charge in [-0.05, 0) is 23.3 Å². The SMILES string of the molecule is NCc1ccc(-c2csc(Cc3cccc(Br)c3)n2)cc1. The number of aromatic nitrogens is 1. The molecule has 2 aromatic carbocycles. The highest BCUT2D eigenvalue weighted by atomic mass is 79.9. The predicted octanol–water partition coefficient (Wildman–Crippen LogP) is 4.62. The first-order chi connectivity index (χ1) is 10.2. The molecule has 2 nitrogen and oxygen atoms in total. The van der Waals surface area contributed by atoms with E-state index in [0.717, 1.165) is 32.7 Å². The molecule has 0 bridgehead atoms. The standard InChI is InChI=1S/C17H15BrN2S/c18-15-3-1-2-13(8-15)9-17-20-16(11-21-17)14-6-4-12(10-19)5-7-14/h1-8,11H,9-10,19H2. The van der Waals surface area contributed by atoms with Crippen molar-refractivity contribution in [3.05, 3.63) is 74.5 Å². The van der Waals surface area contributed by atoms with Gasteiger partial charge < -0.3 is 5.73 Å². The Labute approximate surface area is 136 Å². The number of halogens is 1. The van der Waals surface area contributed by atoms with Gasteiger partial charge in [-0.3, -0.25) is 0 Å². The maximum atomic E-state index is 5.62. The van der Waals surface area contributed by atoms with Crippen molar-refractivity contribution >= 4 is 27.3 Å². The van der Waals surface area contributed by atoms with Gasteiger partial charge in [0.25, 0.3) is 0 Å². The van der Waals surface area contributed by atoms with Crippen molar-refractivity contribution in [2.75, 3.05) is 0 Å². The van der Waals surface area contributed by atoms with Crippen molar-refractivity contribution < 1.29 is 0 Å². The number of benzene rings is 2. The molecule has 106 valence electrons. The lowest BCUT2D eigenvalue weighted by atomic mass is 10.1. The Morgan fingerprint density at radius 2 is 1.86 bits per heavy atom. The molecule has 0 aliphatic rings. The minimum Gasteiger partial charge on any atom is -0.326 e. The summed E-state index contributed by atoms with van der Waals surface area (Å²) in [4.78, 5) is 4.73. The van der Waals surface area contributed by atoms with Crippen molar-refractivity contribution in [1.29, 1.82) is 0 Å². The van der Waals surface area contributed by atoms with Gasteiger partial charge in [-0.2, -0.15) is 0 Å². The summed E-state index contributed by atoms with van der Waals surface area (Å²) in [7, 11) is 0. The van der Waals surface area contributed by atoms with E-state index in [9.17, 15) is 0 Å². The molecule has 0 saturated heterocycles. The summed E-state index contributed by atoms with van der Waals surface area (Å²) in [5, 5.41) is 3.25. The summed E-state index contributed by atoms with van der Waals surface area (Å²) in [5.41, 5.74) is 10.2. The lowest BCUT2D eigenvalue weighted by Gasteiger charge is -2.00. The van der Waals surface area contributed by atoms with Gasteiger partial charge in [-0.1, -0.05) is 52.3 Å². The molecule has 1 aromatic heterocycles. The minimum atomic E-state index is 0.575. The number of rotatable bonds is 4. The lowest BCUT2D eigenvalue weighted by molar-refractivity contribution is 1.07. The van der Waals surface area contributed by atoms with E-state index < -0.39 is 0 Å². The number of thiazole rings is 1. The predicted molar refractivity (Wildman–Crippen MR) is 92.4 cm³/mol. The monoisotopic (exact) mass is 358 g/mol. The Balaban J connectivity index is 1.79. The first-order valence-corrected chi connectivity index (χ1v) is 8.40. The van der Waals surface area contributed by atoms with Gasteiger partial charge in [0.1, 0.15) is 0 Å². The summed E-state index contributed by atoms with van der Waals surface area (Å²) in [6.07, 6.45) is 0.866. The van der Waals surface area contributed by atoms with E-state index in [-0.39, 0.29) is 0 Å². The van der Waals surface area contributed by atoms with Crippen LogP contribution in [0, 0.1) is 0 Å². The van der Waals surface area contributed by atoms with Gasteiger partial charge in [0, 0.05) is 28.4 Å². The summed E-state index contributed by atoms with van der Waals surface area (Å²) < 4.78 is 1.11. The summed E-state index contributed by atoms with van der Waals surface area (Å²) >= 11 is 5.21. The molecule has 4 heteroatoms. The number of nitrogens with zero attached hydrogens (tertiary/aromatic N) is 1. The molecule has 2 N–H and O–H groups in total. The summed E-state index contributed by atoms with van der Waals surface area (Å²) in [6, 6.07) is 16.6. The molecule has 21 heavy (non-hydrogen) atoms. The number of nitrogens with two attached hydrogens (primary N) is 1. The summed E-state index contributed by atoms with van der Waals surface area (Å²) in [6.45, 7) is 0.575. The third kappa shape index (κ3) is 3.59. The van der Waals surface area contributed by atoms with E-state index in [1.807, 2.05) is 6.07 Å². The smallest absolute Gasteiger partial charge is 0.0976 e. The van der Waals surface area contributed by atoms with Crippen molar-refractivity contribution in [2.24, 2.45) is 5.73 Å². The average molecular weight is 359 g/mol. The molecule has 1 heterocycles. The zero-order chi connectivity index (χ0) is 14.7. The van der Waals surface area contributed by atoms with Crippen LogP contribution in [-0.4, -0.2) is 4.98 Å². The van der Waals surface area contributed by atoms with Crippen LogP contribution in [0.15, 0.2) is 58.4 Å². The van der Waals surface area contributed by atoms with Gasteiger partial charge in [0.05, 0.1) is 10.7 Å². The van der Waals surface area contributed by atoms with Crippen LogP contribution in [0.4, 0.5) is 0 Å². The average Bonchev–Trinajstić information content (AvgIpc) is 2.96. The van der Waals surface area contributed by atoms with E-state index in [2.05, 4.69) is 63.8 Å². The van der Waals surface area contributed by atoms with Crippen molar-refractivity contribution in [2.45, 2.75) is 13.0 Å². The van der Waals surface area contributed by atoms with E-state index in [4.69, 9.17) is 10.7 Å². The molecule has 3 rings (SSSR count). The molecule has 3 aromatic rings. The molecule has 0 unspecified atom stereocenters. The minimum absolute atomic E-state index is 0.575. The highest BCUT2D eigenvalue weighted by Crippen LogP contribution is 2.24. The first-order valence-electron chi connectivity index (χ1n) is 6.73. The van der Waals surface area contributed by atoms with E-state index in [1.54, 1.807) is 11.3 Å². The highest BCUT2D eigenvalue weighted by Gasteiger charge is 2.06. The van der Waals surface area contributed by atoms with Crippen LogP contribution >= 0.6 is 27.3 Å². The molecule has 0 spiro atoms. The maximum Gasteiger partial charge on any atom is 0.0976 e. The Bertz CT molecular complexity index is 735. The molecule has 0 amide bonds. The van der Waals surface area contributed by atoms with Crippen molar-refractivity contribution in [3.8, 4) is 11.3 Å². The Morgan fingerprint density at radius 1 is 1.05 bits per heavy atom. The molecule has 0 aliphatic carbocycles. The van der Waals surface area contributed by atoms with Crippen molar-refractivity contribution in [1.82, 2.24) is 4.98 Å². The zero-order valence-electron chi connectivity index (χ0n) is 11.4. The van der Waals surface area contributed by atoms with Gasteiger partial charge in [-0.25, -0.2) is 4.98 Å². The van der Waals surface area contributed by atoms with Crippen LogP contribution in [-0.2, 0) is 13.0 Å². The van der Waals surface area contributed by atoms with Crippen LogP contribution in [0.25, 0.3) is 11.3 Å². The third-order valence-electron chi connectivity index (χ3n) is 3.28. The topological polar surface area (TPSA) is 38.9 Å². The van der Waals surface area contributed by atoms with Crippen LogP contribution in [0.5, 0.6) is 0 Å². The number of hydrogen-bond acceptors (Lipinski definition) is 3. The second-order valence-corrected chi connectivity index (χ2v) is 6.69. The van der Waals surface area contributed by atoms with E-state index in [1.165, 1.54) is 5.56 Å². The quantitative estimate of drug-likeness (QED) is 0.738. The third-order valence-corrected chi connectivity index (χ3v) is 4.62. The van der Waals surface area contributed by atoms with Crippen LogP contribution in [0.1, 0.15) is 16.1 Å². The van der Waals surface area contributed by atoms with Crippen LogP contribution < -0.4 is 5.73 Å². The van der Waals surface area contributed by atoms with Gasteiger partial charge in [0.2, 0.25) is 0 Å². The number of hydrogen-bond donors (Lipinski definition) is 1. The van der Waals surface area contributed by atoms with E-state index in [0.29, 0.717) is 6.54 Å². The van der Waals surface area contributed by atoms with Gasteiger partial charge >= 0.3 is 0 Å². The van der Waals surface area contributed by atoms with Gasteiger partial charge in [0.15, 0.2) is 0 Å². The largest absolute Gasteiger partial charge is 0.326 e. The zero-order valence-corrected chi connectivity index (χ0v) is 13.8. The highest BCUT2D eigenvalue weighted by molar-refractivity contribution is 9.10. The second-order valence-electron chi connectivity index (χ2n) is 4.83. The van der Waals surface area contributed by atoms with Gasteiger partial charge in [-0.15, -0.1) is 11.3 Å². The van der Waals surface area contributed by atoms with Crippen LogP contribution in [0.3, 0.4) is 0 Å². The maximum absolute atomic E-state index is 5.62. The molecule has 0 saturated carbocycles. The Hall–Kier alpha value is -1.49. The molecule has 0 aliphatic heterocycles. The molecule has 0 fully saturated rings. The first kappa shape index (κ1) is 14.4. The Kier molecular flexibility index (Phi) is 4.48. The molecule has 0 radical (unpaired) electrons. The molecule has 0 atom stereocenters. The fraction of sp³-hybridized carbons (Fsp3) is 0.118. The fourth-order valence-electron chi connectivity index (χ4n) is 2.16. The second kappa shape index (κ2) is 6.52. The summed E-state index contributed by atoms with van der Waals surface area (Å²) in [5.74, 6) is 0. The Morgan fingerprint density at radius 3 is 2.57 bits per heavy atom. The normalized spacial score (nSPS) is 10.8.